The molecule has 0 unspecified atom stereocenters. The largest absolute Gasteiger partial charge is 0.353 e. The van der Waals surface area contributed by atoms with E-state index in [1.807, 2.05) is 37.3 Å². The van der Waals surface area contributed by atoms with E-state index in [1.54, 1.807) is 24.8 Å². The van der Waals surface area contributed by atoms with Gasteiger partial charge in [-0.2, -0.15) is 5.10 Å². The number of anilines is 1. The SMILES string of the molecule is Cc1cc(F)cc(-c2nccc3[nH]c(-c4n[nH]c5ncc(-c6cncc(NC(=O)C7CC7)c6)cc45)cc23)c1. The number of hydrogen-bond acceptors (Lipinski definition) is 5. The van der Waals surface area contributed by atoms with Crippen LogP contribution in [0.25, 0.3) is 55.7 Å². The van der Waals surface area contributed by atoms with E-state index in [4.69, 9.17) is 0 Å². The van der Waals surface area contributed by atoms with Gasteiger partial charge in [0.25, 0.3) is 0 Å². The lowest BCUT2D eigenvalue weighted by Gasteiger charge is -2.07. The predicted molar refractivity (Wildman–Crippen MR) is 144 cm³/mol. The lowest BCUT2D eigenvalue weighted by molar-refractivity contribution is -0.117. The van der Waals surface area contributed by atoms with Crippen LogP contribution in [0.3, 0.4) is 0 Å². The zero-order valence-corrected chi connectivity index (χ0v) is 20.4. The van der Waals surface area contributed by atoms with Gasteiger partial charge in [0.1, 0.15) is 11.5 Å². The summed E-state index contributed by atoms with van der Waals surface area (Å²) in [5, 5.41) is 12.2. The van der Waals surface area contributed by atoms with Crippen LogP contribution in [0.1, 0.15) is 18.4 Å². The van der Waals surface area contributed by atoms with E-state index in [0.717, 1.165) is 57.1 Å². The number of H-pyrrole nitrogens is 2. The molecule has 9 heteroatoms. The lowest BCUT2D eigenvalue weighted by Crippen LogP contribution is -2.13. The summed E-state index contributed by atoms with van der Waals surface area (Å²) in [6.45, 7) is 1.86. The first-order chi connectivity index (χ1) is 18.5. The number of aromatic amines is 2. The monoisotopic (exact) mass is 503 g/mol. The molecule has 0 radical (unpaired) electrons. The van der Waals surface area contributed by atoms with Crippen molar-refractivity contribution in [3.63, 3.8) is 0 Å². The highest BCUT2D eigenvalue weighted by Crippen LogP contribution is 2.35. The van der Waals surface area contributed by atoms with Gasteiger partial charge in [-0.25, -0.2) is 9.37 Å². The van der Waals surface area contributed by atoms with Crippen LogP contribution in [0, 0.1) is 18.7 Å². The minimum absolute atomic E-state index is 0.0377. The fraction of sp³-hybridized carbons (Fsp3) is 0.138. The van der Waals surface area contributed by atoms with Gasteiger partial charge in [-0.05, 0) is 67.8 Å². The Morgan fingerprint density at radius 1 is 0.947 bits per heavy atom. The van der Waals surface area contributed by atoms with Crippen molar-refractivity contribution in [3.05, 3.63) is 78.6 Å². The second kappa shape index (κ2) is 8.58. The van der Waals surface area contributed by atoms with Crippen LogP contribution in [-0.4, -0.2) is 36.0 Å². The molecule has 8 nitrogen and oxygen atoms in total. The van der Waals surface area contributed by atoms with Crippen LogP contribution in [-0.2, 0) is 4.79 Å². The molecule has 3 N–H and O–H groups in total. The maximum atomic E-state index is 14.1. The molecule has 7 rings (SSSR count). The number of nitrogens with zero attached hydrogens (tertiary/aromatic N) is 4. The van der Waals surface area contributed by atoms with Crippen LogP contribution < -0.4 is 5.32 Å². The number of fused-ring (bicyclic) bond motifs is 2. The number of halogens is 1. The summed E-state index contributed by atoms with van der Waals surface area (Å²) in [7, 11) is 0. The van der Waals surface area contributed by atoms with Crippen molar-refractivity contribution >= 4 is 33.5 Å². The smallest absolute Gasteiger partial charge is 0.227 e. The summed E-state index contributed by atoms with van der Waals surface area (Å²) in [4.78, 5) is 29.1. The average molecular weight is 504 g/mol. The van der Waals surface area contributed by atoms with E-state index >= 15 is 0 Å². The van der Waals surface area contributed by atoms with E-state index in [0.29, 0.717) is 22.7 Å². The molecule has 38 heavy (non-hydrogen) atoms. The van der Waals surface area contributed by atoms with E-state index in [1.165, 1.54) is 12.1 Å². The number of benzene rings is 1. The summed E-state index contributed by atoms with van der Waals surface area (Å²) < 4.78 is 14.1. The Labute approximate surface area is 216 Å². The first kappa shape index (κ1) is 22.3. The van der Waals surface area contributed by atoms with Gasteiger partial charge in [0.05, 0.1) is 23.3 Å². The molecule has 1 aliphatic carbocycles. The van der Waals surface area contributed by atoms with E-state index < -0.39 is 0 Å². The van der Waals surface area contributed by atoms with Gasteiger partial charge in [-0.3, -0.25) is 19.9 Å². The third kappa shape index (κ3) is 3.98. The fourth-order valence-electron chi connectivity index (χ4n) is 4.81. The highest BCUT2D eigenvalue weighted by molar-refractivity contribution is 6.00. The van der Waals surface area contributed by atoms with Gasteiger partial charge in [-0.15, -0.1) is 0 Å². The number of rotatable bonds is 5. The average Bonchev–Trinajstić information content (AvgIpc) is 3.54. The van der Waals surface area contributed by atoms with Crippen molar-refractivity contribution in [1.82, 2.24) is 30.1 Å². The number of aryl methyl sites for hydroxylation is 1. The molecule has 0 saturated heterocycles. The number of nitrogens with one attached hydrogen (secondary N) is 3. The molecule has 5 heterocycles. The van der Waals surface area contributed by atoms with E-state index in [9.17, 15) is 9.18 Å². The Balaban J connectivity index is 1.29. The Morgan fingerprint density at radius 3 is 2.66 bits per heavy atom. The lowest BCUT2D eigenvalue weighted by atomic mass is 10.0. The van der Waals surface area contributed by atoms with Crippen molar-refractivity contribution in [3.8, 4) is 33.8 Å². The Morgan fingerprint density at radius 2 is 1.82 bits per heavy atom. The third-order valence-corrected chi connectivity index (χ3v) is 6.82. The quantitative estimate of drug-likeness (QED) is 0.266. The standard InChI is InChI=1S/C29H22FN7O/c1-15-6-17(8-20(30)7-15)26-22-11-25(35-24(22)4-5-32-26)27-23-10-19(13-33-28(23)37-36-27)18-9-21(14-31-12-18)34-29(38)16-2-3-16/h4-14,16,35H,2-3H2,1H3,(H,34,38)(H,33,36,37). The Kier molecular flexibility index (Phi) is 5.04. The van der Waals surface area contributed by atoms with Crippen molar-refractivity contribution in [2.45, 2.75) is 19.8 Å². The summed E-state index contributed by atoms with van der Waals surface area (Å²) in [6, 6.07) is 12.7. The third-order valence-electron chi connectivity index (χ3n) is 6.82. The van der Waals surface area contributed by atoms with Crippen molar-refractivity contribution in [2.24, 2.45) is 5.92 Å². The van der Waals surface area contributed by atoms with Crippen molar-refractivity contribution in [2.75, 3.05) is 5.32 Å². The molecule has 6 aromatic rings. The van der Waals surface area contributed by atoms with Gasteiger partial charge >= 0.3 is 0 Å². The molecule has 0 bridgehead atoms. The molecule has 1 amide bonds. The number of amides is 1. The van der Waals surface area contributed by atoms with E-state index in [-0.39, 0.29) is 17.6 Å². The van der Waals surface area contributed by atoms with Gasteiger partial charge in [0.15, 0.2) is 5.65 Å². The van der Waals surface area contributed by atoms with Gasteiger partial charge in [0, 0.05) is 57.5 Å². The van der Waals surface area contributed by atoms with Gasteiger partial charge < -0.3 is 10.3 Å². The molecule has 0 atom stereocenters. The molecule has 186 valence electrons. The van der Waals surface area contributed by atoms with Crippen molar-refractivity contribution in [1.29, 1.82) is 0 Å². The maximum Gasteiger partial charge on any atom is 0.227 e. The minimum Gasteiger partial charge on any atom is -0.353 e. The molecule has 5 aromatic heterocycles. The van der Waals surface area contributed by atoms with Gasteiger partial charge in [-0.1, -0.05) is 0 Å². The molecular weight excluding hydrogens is 481 g/mol. The Bertz CT molecular complexity index is 1850. The Hall–Kier alpha value is -4.92. The molecule has 0 spiro atoms. The highest BCUT2D eigenvalue weighted by Gasteiger charge is 2.29. The fourth-order valence-corrected chi connectivity index (χ4v) is 4.81. The summed E-state index contributed by atoms with van der Waals surface area (Å²) in [5.74, 6) is -0.144. The molecule has 0 aliphatic heterocycles. The van der Waals surface area contributed by atoms with E-state index in [2.05, 4.69) is 35.5 Å². The highest BCUT2D eigenvalue weighted by atomic mass is 19.1. The topological polar surface area (TPSA) is 112 Å². The zero-order chi connectivity index (χ0) is 25.8. The van der Waals surface area contributed by atoms with Crippen LogP contribution in [0.15, 0.2) is 67.3 Å². The van der Waals surface area contributed by atoms with Crippen LogP contribution in [0.5, 0.6) is 0 Å². The summed E-state index contributed by atoms with van der Waals surface area (Å²) >= 11 is 0. The summed E-state index contributed by atoms with van der Waals surface area (Å²) in [6.07, 6.45) is 8.74. The van der Waals surface area contributed by atoms with Gasteiger partial charge in [0.2, 0.25) is 5.91 Å². The number of aromatic nitrogens is 6. The molecule has 1 aliphatic rings. The number of hydrogen-bond donors (Lipinski definition) is 3. The number of carbonyl (C=O) groups is 1. The second-order valence-corrected chi connectivity index (χ2v) is 9.74. The van der Waals surface area contributed by atoms with Crippen LogP contribution in [0.4, 0.5) is 10.1 Å². The molecule has 1 fully saturated rings. The predicted octanol–water partition coefficient (Wildman–Crippen LogP) is 6.03. The minimum atomic E-state index is -0.294. The molecule has 1 aromatic carbocycles. The molecule has 1 saturated carbocycles. The summed E-state index contributed by atoms with van der Waals surface area (Å²) in [5.41, 5.74) is 7.61. The van der Waals surface area contributed by atoms with Crippen molar-refractivity contribution < 1.29 is 9.18 Å². The first-order valence-corrected chi connectivity index (χ1v) is 12.4. The van der Waals surface area contributed by atoms with Crippen LogP contribution in [0.2, 0.25) is 0 Å². The van der Waals surface area contributed by atoms with Crippen LogP contribution >= 0.6 is 0 Å². The number of carbonyl (C=O) groups excluding carboxylic acids is 1. The molecular formula is C29H22FN7O. The normalized spacial score (nSPS) is 13.3. The zero-order valence-electron chi connectivity index (χ0n) is 20.4. The second-order valence-electron chi connectivity index (χ2n) is 9.74. The number of pyridine rings is 3. The first-order valence-electron chi connectivity index (χ1n) is 12.4. The maximum absolute atomic E-state index is 14.1.